The summed E-state index contributed by atoms with van der Waals surface area (Å²) in [5.74, 6) is -0.170. The van der Waals surface area contributed by atoms with Gasteiger partial charge in [0, 0.05) is 6.42 Å². The minimum absolute atomic E-state index is 0.170. The van der Waals surface area contributed by atoms with Crippen LogP contribution in [0.2, 0.25) is 0 Å². The number of aliphatic hydroxyl groups is 3. The maximum absolute atomic E-state index is 12.4. The van der Waals surface area contributed by atoms with Crippen molar-refractivity contribution in [2.75, 3.05) is 6.61 Å². The normalized spacial score (nSPS) is 14.0. The number of amides is 1. The molecule has 0 rings (SSSR count). The molecule has 0 spiro atoms. The van der Waals surface area contributed by atoms with Crippen molar-refractivity contribution in [1.82, 2.24) is 5.32 Å². The molecule has 0 aromatic heterocycles. The Morgan fingerprint density at radius 3 is 1.29 bits per heavy atom. The van der Waals surface area contributed by atoms with Gasteiger partial charge in [-0.15, -0.1) is 0 Å². The molecule has 0 aromatic rings. The van der Waals surface area contributed by atoms with Gasteiger partial charge in [-0.25, -0.2) is 0 Å². The number of hydrogen-bond acceptors (Lipinski definition) is 4. The zero-order valence-corrected chi connectivity index (χ0v) is 32.6. The molecule has 3 atom stereocenters. The first-order valence-electron chi connectivity index (χ1n) is 21.3. The Hall–Kier alpha value is -1.43. The van der Waals surface area contributed by atoms with Gasteiger partial charge < -0.3 is 20.6 Å². The molecule has 0 bridgehead atoms. The minimum atomic E-state index is -1.17. The molecule has 4 N–H and O–H groups in total. The van der Waals surface area contributed by atoms with Gasteiger partial charge in [0.15, 0.2) is 0 Å². The lowest BCUT2D eigenvalue weighted by Crippen LogP contribution is -2.50. The van der Waals surface area contributed by atoms with E-state index in [9.17, 15) is 20.1 Å². The molecule has 5 nitrogen and oxygen atoms in total. The van der Waals surface area contributed by atoms with Crippen LogP contribution >= 0.6 is 0 Å². The van der Waals surface area contributed by atoms with E-state index in [1.807, 2.05) is 0 Å². The number of unbranched alkanes of at least 4 members (excludes halogenated alkanes) is 24. The Labute approximate surface area is 304 Å². The summed E-state index contributed by atoms with van der Waals surface area (Å²) in [7, 11) is 0. The Kier molecular flexibility index (Phi) is 38.2. The maximum Gasteiger partial charge on any atom is 0.220 e. The predicted octanol–water partition coefficient (Wildman–Crippen LogP) is 12.0. The molecule has 3 unspecified atom stereocenters. The smallest absolute Gasteiger partial charge is 0.220 e. The lowest BCUT2D eigenvalue weighted by Gasteiger charge is -2.26. The topological polar surface area (TPSA) is 89.8 Å². The molecule has 0 aromatic carbocycles. The van der Waals surface area contributed by atoms with E-state index >= 15 is 0 Å². The van der Waals surface area contributed by atoms with Gasteiger partial charge in [0.05, 0.1) is 18.8 Å². The second kappa shape index (κ2) is 39.4. The number of nitrogens with one attached hydrogen (secondary N) is 1. The fraction of sp³-hybridized carbons (Fsp3) is 0.841. The van der Waals surface area contributed by atoms with Crippen LogP contribution in [0.3, 0.4) is 0 Å². The summed E-state index contributed by atoms with van der Waals surface area (Å²) in [5, 5.41) is 33.4. The molecular weight excluding hydrogens is 606 g/mol. The SMILES string of the molecule is CCCCC/C=C\CCCCCCCC(=O)NC(CO)C(O)C(O)CCC/C=C/CC/C=C/CCCCCCCCCCCCCCCC. The van der Waals surface area contributed by atoms with E-state index in [0.717, 1.165) is 51.4 Å². The van der Waals surface area contributed by atoms with Crippen molar-refractivity contribution >= 4 is 5.91 Å². The van der Waals surface area contributed by atoms with E-state index in [-0.39, 0.29) is 12.5 Å². The van der Waals surface area contributed by atoms with E-state index in [0.29, 0.717) is 12.8 Å². The highest BCUT2D eigenvalue weighted by Crippen LogP contribution is 2.14. The van der Waals surface area contributed by atoms with Gasteiger partial charge in [0.1, 0.15) is 6.10 Å². The highest BCUT2D eigenvalue weighted by Gasteiger charge is 2.26. The molecule has 0 saturated heterocycles. The first-order chi connectivity index (χ1) is 24.1. The number of allylic oxidation sites excluding steroid dienone is 6. The van der Waals surface area contributed by atoms with Gasteiger partial charge in [-0.2, -0.15) is 0 Å². The van der Waals surface area contributed by atoms with Crippen LogP contribution in [0.15, 0.2) is 36.5 Å². The molecule has 0 heterocycles. The van der Waals surface area contributed by atoms with Crippen molar-refractivity contribution in [1.29, 1.82) is 0 Å². The lowest BCUT2D eigenvalue weighted by molar-refractivity contribution is -0.124. The van der Waals surface area contributed by atoms with E-state index in [4.69, 9.17) is 0 Å². The standard InChI is InChI=1S/C44H83NO4/c1-3-5-7-9-11-13-15-17-18-19-20-21-22-23-24-25-26-27-28-30-32-34-36-38-42(47)44(49)41(40-46)45-43(48)39-37-35-33-31-29-16-14-12-10-8-6-4-2/h12,14,25-26,30,32,41-42,44,46-47,49H,3-11,13,15-24,27-29,31,33-40H2,1-2H3,(H,45,48)/b14-12-,26-25+,32-30+. The zero-order chi connectivity index (χ0) is 35.9. The van der Waals surface area contributed by atoms with Crippen molar-refractivity contribution in [2.24, 2.45) is 0 Å². The fourth-order valence-electron chi connectivity index (χ4n) is 6.35. The summed E-state index contributed by atoms with van der Waals surface area (Å²) < 4.78 is 0. The van der Waals surface area contributed by atoms with E-state index in [1.165, 1.54) is 135 Å². The summed E-state index contributed by atoms with van der Waals surface area (Å²) in [6.07, 6.45) is 48.3. The largest absolute Gasteiger partial charge is 0.394 e. The fourth-order valence-corrected chi connectivity index (χ4v) is 6.35. The van der Waals surface area contributed by atoms with Crippen LogP contribution in [-0.2, 0) is 4.79 Å². The van der Waals surface area contributed by atoms with Gasteiger partial charge in [0.2, 0.25) is 5.91 Å². The summed E-state index contributed by atoms with van der Waals surface area (Å²) in [4.78, 5) is 12.4. The quantitative estimate of drug-likeness (QED) is 0.0384. The van der Waals surface area contributed by atoms with Crippen LogP contribution in [0.4, 0.5) is 0 Å². The Morgan fingerprint density at radius 1 is 0.490 bits per heavy atom. The van der Waals surface area contributed by atoms with Crippen LogP contribution in [0.5, 0.6) is 0 Å². The predicted molar refractivity (Wildman–Crippen MR) is 213 cm³/mol. The summed E-state index contributed by atoms with van der Waals surface area (Å²) in [6, 6.07) is -0.835. The highest BCUT2D eigenvalue weighted by molar-refractivity contribution is 5.76. The third-order valence-corrected chi connectivity index (χ3v) is 9.69. The van der Waals surface area contributed by atoms with Crippen LogP contribution in [-0.4, -0.2) is 46.1 Å². The Bertz CT molecular complexity index is 764. The molecule has 0 aliphatic rings. The minimum Gasteiger partial charge on any atom is -0.394 e. The number of carbonyl (C=O) groups is 1. The van der Waals surface area contributed by atoms with Gasteiger partial charge >= 0.3 is 0 Å². The number of rotatable bonds is 38. The van der Waals surface area contributed by atoms with Crippen LogP contribution in [0, 0.1) is 0 Å². The molecule has 0 aliphatic heterocycles. The second-order valence-corrected chi connectivity index (χ2v) is 14.5. The van der Waals surface area contributed by atoms with Gasteiger partial charge in [-0.1, -0.05) is 166 Å². The van der Waals surface area contributed by atoms with Crippen LogP contribution in [0.25, 0.3) is 0 Å². The summed E-state index contributed by atoms with van der Waals surface area (Å²) in [6.45, 7) is 4.13. The third kappa shape index (κ3) is 34.8. The van der Waals surface area contributed by atoms with Crippen molar-refractivity contribution in [2.45, 2.75) is 231 Å². The van der Waals surface area contributed by atoms with Crippen molar-refractivity contribution in [3.63, 3.8) is 0 Å². The summed E-state index contributed by atoms with van der Waals surface area (Å²) in [5.41, 5.74) is 0. The van der Waals surface area contributed by atoms with Crippen LogP contribution < -0.4 is 5.32 Å². The summed E-state index contributed by atoms with van der Waals surface area (Å²) >= 11 is 0. The monoisotopic (exact) mass is 690 g/mol. The number of aliphatic hydroxyl groups excluding tert-OH is 3. The average Bonchev–Trinajstić information content (AvgIpc) is 3.10. The Balaban J connectivity index is 3.69. The van der Waals surface area contributed by atoms with E-state index in [1.54, 1.807) is 0 Å². The second-order valence-electron chi connectivity index (χ2n) is 14.5. The average molecular weight is 690 g/mol. The van der Waals surface area contributed by atoms with E-state index in [2.05, 4.69) is 55.6 Å². The van der Waals surface area contributed by atoms with Gasteiger partial charge in [0.25, 0.3) is 0 Å². The van der Waals surface area contributed by atoms with Crippen molar-refractivity contribution in [3.05, 3.63) is 36.5 Å². The van der Waals surface area contributed by atoms with Gasteiger partial charge in [-0.3, -0.25) is 4.79 Å². The Morgan fingerprint density at radius 2 is 0.837 bits per heavy atom. The maximum atomic E-state index is 12.4. The number of carbonyl (C=O) groups excluding carboxylic acids is 1. The highest BCUT2D eigenvalue weighted by atomic mass is 16.3. The number of hydrogen-bond donors (Lipinski definition) is 4. The van der Waals surface area contributed by atoms with E-state index < -0.39 is 18.2 Å². The molecule has 0 fully saturated rings. The van der Waals surface area contributed by atoms with Crippen molar-refractivity contribution in [3.8, 4) is 0 Å². The molecule has 1 amide bonds. The van der Waals surface area contributed by atoms with Crippen LogP contribution in [0.1, 0.15) is 213 Å². The molecule has 0 aliphatic carbocycles. The first-order valence-corrected chi connectivity index (χ1v) is 21.3. The van der Waals surface area contributed by atoms with Crippen molar-refractivity contribution < 1.29 is 20.1 Å². The molecular formula is C44H83NO4. The molecule has 0 radical (unpaired) electrons. The van der Waals surface area contributed by atoms with Gasteiger partial charge in [-0.05, 0) is 77.0 Å². The first kappa shape index (κ1) is 47.6. The molecule has 0 saturated carbocycles. The third-order valence-electron chi connectivity index (χ3n) is 9.69. The zero-order valence-electron chi connectivity index (χ0n) is 32.6. The lowest BCUT2D eigenvalue weighted by atomic mass is 10.0. The molecule has 5 heteroatoms. The molecule has 288 valence electrons. The molecule has 49 heavy (non-hydrogen) atoms.